The highest BCUT2D eigenvalue weighted by atomic mass is 35.5. The van der Waals surface area contributed by atoms with Gasteiger partial charge in [-0.25, -0.2) is 4.98 Å². The van der Waals surface area contributed by atoms with Crippen LogP contribution in [0.15, 0.2) is 24.4 Å². The SMILES string of the molecule is CC(C)(C)C(=O)Cl.CN(C)c1ccccn1. The van der Waals surface area contributed by atoms with E-state index in [1.165, 1.54) is 0 Å². The maximum absolute atomic E-state index is 10.2. The molecular weight excluding hydrogens is 224 g/mol. The summed E-state index contributed by atoms with van der Waals surface area (Å²) in [5.74, 6) is 0.998. The van der Waals surface area contributed by atoms with Gasteiger partial charge in [-0.15, -0.1) is 0 Å². The van der Waals surface area contributed by atoms with Crippen LogP contribution >= 0.6 is 11.6 Å². The van der Waals surface area contributed by atoms with Gasteiger partial charge in [-0.05, 0) is 23.7 Å². The lowest BCUT2D eigenvalue weighted by atomic mass is 10.00. The number of rotatable bonds is 1. The second-order valence-corrected chi connectivity index (χ2v) is 4.95. The lowest BCUT2D eigenvalue weighted by molar-refractivity contribution is -0.118. The number of carbonyl (C=O) groups excluding carboxylic acids is 1. The van der Waals surface area contributed by atoms with E-state index < -0.39 is 0 Å². The molecule has 3 nitrogen and oxygen atoms in total. The Bertz CT molecular complexity index is 318. The molecule has 0 spiro atoms. The summed E-state index contributed by atoms with van der Waals surface area (Å²) >= 11 is 5.11. The minimum atomic E-state index is -0.373. The van der Waals surface area contributed by atoms with Crippen LogP contribution in [0.1, 0.15) is 20.8 Å². The van der Waals surface area contributed by atoms with Gasteiger partial charge < -0.3 is 4.90 Å². The van der Waals surface area contributed by atoms with Gasteiger partial charge in [0.05, 0.1) is 0 Å². The number of nitrogens with zero attached hydrogens (tertiary/aromatic N) is 2. The van der Waals surface area contributed by atoms with Crippen LogP contribution in [-0.4, -0.2) is 24.3 Å². The molecule has 0 aliphatic heterocycles. The van der Waals surface area contributed by atoms with Crippen molar-refractivity contribution in [3.05, 3.63) is 24.4 Å². The summed E-state index contributed by atoms with van der Waals surface area (Å²) in [6.45, 7) is 5.34. The molecular formula is C12H19ClN2O. The number of pyridine rings is 1. The summed E-state index contributed by atoms with van der Waals surface area (Å²) in [6, 6.07) is 5.86. The zero-order chi connectivity index (χ0) is 12.8. The van der Waals surface area contributed by atoms with Crippen LogP contribution in [0, 0.1) is 5.41 Å². The van der Waals surface area contributed by atoms with E-state index in [0.29, 0.717) is 0 Å². The minimum Gasteiger partial charge on any atom is -0.363 e. The molecule has 16 heavy (non-hydrogen) atoms. The molecule has 0 atom stereocenters. The van der Waals surface area contributed by atoms with Crippen molar-refractivity contribution in [1.82, 2.24) is 4.98 Å². The van der Waals surface area contributed by atoms with E-state index in [0.717, 1.165) is 5.82 Å². The molecule has 1 heterocycles. The molecule has 0 aromatic carbocycles. The molecule has 0 N–H and O–H groups in total. The van der Waals surface area contributed by atoms with Gasteiger partial charge in [0.2, 0.25) is 5.24 Å². The van der Waals surface area contributed by atoms with Crippen LogP contribution in [0.2, 0.25) is 0 Å². The van der Waals surface area contributed by atoms with Crippen LogP contribution in [-0.2, 0) is 4.79 Å². The van der Waals surface area contributed by atoms with Crippen LogP contribution in [0.25, 0.3) is 0 Å². The van der Waals surface area contributed by atoms with Crippen molar-refractivity contribution in [1.29, 1.82) is 0 Å². The Kier molecular flexibility index (Phi) is 6.04. The third-order valence-electron chi connectivity index (χ3n) is 1.70. The lowest BCUT2D eigenvalue weighted by Crippen LogP contribution is -2.13. The van der Waals surface area contributed by atoms with Crippen LogP contribution < -0.4 is 4.90 Å². The third kappa shape index (κ3) is 6.40. The average Bonchev–Trinajstić information content (AvgIpc) is 2.18. The predicted molar refractivity (Wildman–Crippen MR) is 68.9 cm³/mol. The quantitative estimate of drug-likeness (QED) is 0.710. The molecule has 0 amide bonds. The van der Waals surface area contributed by atoms with E-state index in [9.17, 15) is 4.79 Å². The average molecular weight is 243 g/mol. The first-order valence-electron chi connectivity index (χ1n) is 5.03. The molecule has 1 aromatic rings. The van der Waals surface area contributed by atoms with Gasteiger partial charge in [-0.2, -0.15) is 0 Å². The van der Waals surface area contributed by atoms with E-state index in [-0.39, 0.29) is 10.7 Å². The van der Waals surface area contributed by atoms with Crippen LogP contribution in [0.4, 0.5) is 5.82 Å². The lowest BCUT2D eigenvalue weighted by Gasteiger charge is -2.08. The normalized spacial score (nSPS) is 10.1. The van der Waals surface area contributed by atoms with E-state index in [1.807, 2.05) is 37.2 Å². The maximum atomic E-state index is 10.2. The Morgan fingerprint density at radius 1 is 1.31 bits per heavy atom. The standard InChI is InChI=1S/C7H10N2.C5H9ClO/c1-9(2)7-5-3-4-6-8-7;1-5(2,3)4(6)7/h3-6H,1-2H3;1-3H3. The summed E-state index contributed by atoms with van der Waals surface area (Å²) in [6.07, 6.45) is 1.79. The Labute approximate surface area is 102 Å². The van der Waals surface area contributed by atoms with Gasteiger partial charge in [0.1, 0.15) is 5.82 Å². The van der Waals surface area contributed by atoms with Crippen molar-refractivity contribution in [2.45, 2.75) is 20.8 Å². The molecule has 0 aliphatic carbocycles. The molecule has 0 saturated carbocycles. The summed E-state index contributed by atoms with van der Waals surface area (Å²) in [7, 11) is 3.95. The fourth-order valence-corrected chi connectivity index (χ4v) is 0.618. The van der Waals surface area contributed by atoms with Crippen molar-refractivity contribution in [3.8, 4) is 0 Å². The summed E-state index contributed by atoms with van der Waals surface area (Å²) in [4.78, 5) is 16.3. The molecule has 0 saturated heterocycles. The Balaban J connectivity index is 0.000000293. The van der Waals surface area contributed by atoms with Crippen LogP contribution in [0.3, 0.4) is 0 Å². The summed E-state index contributed by atoms with van der Waals surface area (Å²) in [5, 5.41) is -0.285. The number of hydrogen-bond donors (Lipinski definition) is 0. The van der Waals surface area contributed by atoms with Gasteiger partial charge in [0.25, 0.3) is 0 Å². The van der Waals surface area contributed by atoms with Gasteiger partial charge in [-0.3, -0.25) is 4.79 Å². The number of hydrogen-bond acceptors (Lipinski definition) is 3. The van der Waals surface area contributed by atoms with Gasteiger partial charge in [-0.1, -0.05) is 26.8 Å². The molecule has 0 aliphatic rings. The zero-order valence-electron chi connectivity index (χ0n) is 10.5. The molecule has 0 unspecified atom stereocenters. The largest absolute Gasteiger partial charge is 0.363 e. The summed E-state index contributed by atoms with van der Waals surface area (Å²) < 4.78 is 0. The van der Waals surface area contributed by atoms with Gasteiger partial charge >= 0.3 is 0 Å². The molecule has 90 valence electrons. The van der Waals surface area contributed by atoms with Gasteiger partial charge in [0, 0.05) is 25.7 Å². The minimum absolute atomic E-state index is 0.285. The predicted octanol–water partition coefficient (Wildman–Crippen LogP) is 2.95. The van der Waals surface area contributed by atoms with E-state index in [2.05, 4.69) is 4.98 Å². The topological polar surface area (TPSA) is 33.2 Å². The first-order chi connectivity index (χ1) is 7.25. The number of aromatic nitrogens is 1. The van der Waals surface area contributed by atoms with Crippen molar-refractivity contribution in [2.75, 3.05) is 19.0 Å². The molecule has 1 rings (SSSR count). The van der Waals surface area contributed by atoms with Crippen molar-refractivity contribution in [3.63, 3.8) is 0 Å². The Morgan fingerprint density at radius 2 is 1.81 bits per heavy atom. The van der Waals surface area contributed by atoms with Crippen molar-refractivity contribution >= 4 is 22.7 Å². The Hall–Kier alpha value is -1.09. The van der Waals surface area contributed by atoms with Crippen LogP contribution in [0.5, 0.6) is 0 Å². The second kappa shape index (κ2) is 6.48. The fraction of sp³-hybridized carbons (Fsp3) is 0.500. The van der Waals surface area contributed by atoms with Crippen molar-refractivity contribution < 1.29 is 4.79 Å². The highest BCUT2D eigenvalue weighted by Gasteiger charge is 2.17. The van der Waals surface area contributed by atoms with Gasteiger partial charge in [0.15, 0.2) is 0 Å². The number of halogens is 1. The highest BCUT2D eigenvalue weighted by Crippen LogP contribution is 2.15. The molecule has 4 heteroatoms. The summed E-state index contributed by atoms with van der Waals surface area (Å²) in [5.41, 5.74) is -0.373. The number of carbonyl (C=O) groups is 1. The Morgan fingerprint density at radius 3 is 2.00 bits per heavy atom. The van der Waals surface area contributed by atoms with E-state index in [1.54, 1.807) is 27.0 Å². The smallest absolute Gasteiger partial charge is 0.226 e. The first kappa shape index (κ1) is 14.9. The number of anilines is 1. The molecule has 1 aromatic heterocycles. The van der Waals surface area contributed by atoms with E-state index >= 15 is 0 Å². The van der Waals surface area contributed by atoms with E-state index in [4.69, 9.17) is 11.6 Å². The second-order valence-electron chi connectivity index (χ2n) is 4.61. The fourth-order valence-electron chi connectivity index (χ4n) is 0.618. The molecule has 0 radical (unpaired) electrons. The highest BCUT2D eigenvalue weighted by molar-refractivity contribution is 6.64. The molecule has 0 fully saturated rings. The third-order valence-corrected chi connectivity index (χ3v) is 2.26. The monoisotopic (exact) mass is 242 g/mol. The maximum Gasteiger partial charge on any atom is 0.226 e. The molecule has 0 bridgehead atoms. The zero-order valence-corrected chi connectivity index (χ0v) is 11.2. The van der Waals surface area contributed by atoms with Crippen molar-refractivity contribution in [2.24, 2.45) is 5.41 Å². The first-order valence-corrected chi connectivity index (χ1v) is 5.41.